The summed E-state index contributed by atoms with van der Waals surface area (Å²) in [4.78, 5) is 15.0. The van der Waals surface area contributed by atoms with E-state index < -0.39 is 0 Å². The van der Waals surface area contributed by atoms with Crippen molar-refractivity contribution in [2.75, 3.05) is 19.4 Å². The van der Waals surface area contributed by atoms with Gasteiger partial charge in [0.05, 0.1) is 19.6 Å². The molecule has 0 aliphatic heterocycles. The van der Waals surface area contributed by atoms with Crippen molar-refractivity contribution in [2.45, 2.75) is 19.9 Å². The number of aryl methyl sites for hydroxylation is 1. The van der Waals surface area contributed by atoms with E-state index in [1.165, 1.54) is 10.4 Å². The third-order valence-electron chi connectivity index (χ3n) is 3.22. The summed E-state index contributed by atoms with van der Waals surface area (Å²) < 4.78 is 5.54. The lowest BCUT2D eigenvalue weighted by atomic mass is 10.2. The van der Waals surface area contributed by atoms with Crippen LogP contribution in [0.2, 0.25) is 0 Å². The molecule has 0 fully saturated rings. The number of nitrogens with two attached hydrogens (primary N) is 1. The van der Waals surface area contributed by atoms with Gasteiger partial charge in [0.25, 0.3) is 0 Å². The van der Waals surface area contributed by atoms with E-state index in [0.29, 0.717) is 31.0 Å². The molecule has 0 radical (unpaired) electrons. The van der Waals surface area contributed by atoms with Crippen LogP contribution in [0.4, 0.5) is 5.69 Å². The Hall–Kier alpha value is -2.01. The van der Waals surface area contributed by atoms with Gasteiger partial charge < -0.3 is 15.4 Å². The summed E-state index contributed by atoms with van der Waals surface area (Å²) in [5, 5.41) is 2.05. The number of rotatable bonds is 6. The summed E-state index contributed by atoms with van der Waals surface area (Å²) in [6.45, 7) is 3.07. The highest BCUT2D eigenvalue weighted by molar-refractivity contribution is 7.10. The highest BCUT2D eigenvalue weighted by Crippen LogP contribution is 2.18. The Morgan fingerprint density at radius 3 is 2.86 bits per heavy atom. The molecule has 1 amide bonds. The van der Waals surface area contributed by atoms with Gasteiger partial charge in [0.15, 0.2) is 0 Å². The molecule has 2 rings (SSSR count). The van der Waals surface area contributed by atoms with Crippen molar-refractivity contribution in [2.24, 2.45) is 0 Å². The zero-order valence-electron chi connectivity index (χ0n) is 12.3. The Kier molecular flexibility index (Phi) is 5.22. The average Bonchev–Trinajstić information content (AvgIpc) is 2.84. The molecule has 0 aliphatic rings. The van der Waals surface area contributed by atoms with Crippen LogP contribution in [-0.4, -0.2) is 24.5 Å². The molecule has 1 heterocycles. The summed E-state index contributed by atoms with van der Waals surface area (Å²) >= 11 is 1.68. The number of thiophene rings is 1. The Morgan fingerprint density at radius 1 is 1.38 bits per heavy atom. The molecule has 2 aromatic rings. The van der Waals surface area contributed by atoms with Crippen LogP contribution in [0.15, 0.2) is 35.7 Å². The van der Waals surface area contributed by atoms with Gasteiger partial charge in [0.2, 0.25) is 5.91 Å². The fraction of sp³-hybridized carbons (Fsp3) is 0.312. The molecule has 0 bridgehead atoms. The van der Waals surface area contributed by atoms with E-state index in [4.69, 9.17) is 10.5 Å². The number of hydrogen-bond acceptors (Lipinski definition) is 4. The maximum absolute atomic E-state index is 12.1. The van der Waals surface area contributed by atoms with Crippen molar-refractivity contribution in [3.63, 3.8) is 0 Å². The molecule has 5 heteroatoms. The zero-order chi connectivity index (χ0) is 15.2. The van der Waals surface area contributed by atoms with Gasteiger partial charge in [0.1, 0.15) is 5.75 Å². The van der Waals surface area contributed by atoms with Gasteiger partial charge in [-0.15, -0.1) is 11.3 Å². The van der Waals surface area contributed by atoms with Crippen LogP contribution in [0.5, 0.6) is 5.75 Å². The molecule has 1 aromatic carbocycles. The smallest absolute Gasteiger partial charge is 0.226 e. The number of nitrogens with zero attached hydrogens (tertiary/aromatic N) is 1. The molecular weight excluding hydrogens is 284 g/mol. The second-order valence-electron chi connectivity index (χ2n) is 4.95. The lowest BCUT2D eigenvalue weighted by molar-refractivity contribution is -0.130. The quantitative estimate of drug-likeness (QED) is 0.834. The molecule has 0 spiro atoms. The second-order valence-corrected chi connectivity index (χ2v) is 5.95. The SMILES string of the molecule is Cc1ccsc1CN(C)C(=O)CCOc1cccc(N)c1. The number of carbonyl (C=O) groups excluding carboxylic acids is 1. The van der Waals surface area contributed by atoms with Crippen molar-refractivity contribution in [1.29, 1.82) is 0 Å². The molecule has 21 heavy (non-hydrogen) atoms. The molecule has 2 N–H and O–H groups in total. The molecule has 0 aliphatic carbocycles. The first-order chi connectivity index (χ1) is 10.1. The summed E-state index contributed by atoms with van der Waals surface area (Å²) in [7, 11) is 1.82. The third kappa shape index (κ3) is 4.49. The minimum Gasteiger partial charge on any atom is -0.493 e. The van der Waals surface area contributed by atoms with Gasteiger partial charge in [-0.1, -0.05) is 6.07 Å². The van der Waals surface area contributed by atoms with E-state index in [2.05, 4.69) is 13.0 Å². The van der Waals surface area contributed by atoms with Gasteiger partial charge in [-0.05, 0) is 36.1 Å². The Labute approximate surface area is 129 Å². The topological polar surface area (TPSA) is 55.6 Å². The average molecular weight is 304 g/mol. The fourth-order valence-corrected chi connectivity index (χ4v) is 2.88. The monoisotopic (exact) mass is 304 g/mol. The first-order valence-electron chi connectivity index (χ1n) is 6.81. The highest BCUT2D eigenvalue weighted by Gasteiger charge is 2.11. The molecule has 4 nitrogen and oxygen atoms in total. The molecular formula is C16H20N2O2S. The molecule has 0 atom stereocenters. The Morgan fingerprint density at radius 2 is 2.19 bits per heavy atom. The van der Waals surface area contributed by atoms with Crippen molar-refractivity contribution in [3.8, 4) is 5.75 Å². The van der Waals surface area contributed by atoms with Crippen LogP contribution in [0.25, 0.3) is 0 Å². The van der Waals surface area contributed by atoms with E-state index in [9.17, 15) is 4.79 Å². The normalized spacial score (nSPS) is 10.4. The van der Waals surface area contributed by atoms with Gasteiger partial charge in [0, 0.05) is 23.7 Å². The van der Waals surface area contributed by atoms with Crippen LogP contribution in [0.1, 0.15) is 16.9 Å². The molecule has 0 saturated heterocycles. The van der Waals surface area contributed by atoms with Crippen LogP contribution in [-0.2, 0) is 11.3 Å². The minimum absolute atomic E-state index is 0.0757. The molecule has 0 saturated carbocycles. The summed E-state index contributed by atoms with van der Waals surface area (Å²) in [5.74, 6) is 0.770. The maximum atomic E-state index is 12.1. The van der Waals surface area contributed by atoms with Crippen molar-refractivity contribution >= 4 is 22.9 Å². The standard InChI is InChI=1S/C16H20N2O2S/c1-12-7-9-21-15(12)11-18(2)16(19)6-8-20-14-5-3-4-13(17)10-14/h3-5,7,9-10H,6,8,11,17H2,1-2H3. The predicted molar refractivity (Wildman–Crippen MR) is 86.5 cm³/mol. The van der Waals surface area contributed by atoms with Gasteiger partial charge >= 0.3 is 0 Å². The molecule has 0 unspecified atom stereocenters. The predicted octanol–water partition coefficient (Wildman–Crippen LogP) is 3.07. The number of anilines is 1. The number of ether oxygens (including phenoxy) is 1. The van der Waals surface area contributed by atoms with Gasteiger partial charge in [-0.3, -0.25) is 4.79 Å². The largest absolute Gasteiger partial charge is 0.493 e. The first kappa shape index (κ1) is 15.4. The van der Waals surface area contributed by atoms with Crippen LogP contribution in [0.3, 0.4) is 0 Å². The number of benzene rings is 1. The lowest BCUT2D eigenvalue weighted by Crippen LogP contribution is -2.27. The molecule has 112 valence electrons. The Bertz CT molecular complexity index is 610. The van der Waals surface area contributed by atoms with Crippen molar-refractivity contribution < 1.29 is 9.53 Å². The third-order valence-corrected chi connectivity index (χ3v) is 4.23. The van der Waals surface area contributed by atoms with Gasteiger partial charge in [-0.2, -0.15) is 0 Å². The van der Waals surface area contributed by atoms with Crippen molar-refractivity contribution in [3.05, 3.63) is 46.2 Å². The number of hydrogen-bond donors (Lipinski definition) is 1. The summed E-state index contributed by atoms with van der Waals surface area (Å²) in [6.07, 6.45) is 0.357. The van der Waals surface area contributed by atoms with Crippen LogP contribution in [0, 0.1) is 6.92 Å². The highest BCUT2D eigenvalue weighted by atomic mass is 32.1. The number of nitrogen functional groups attached to an aromatic ring is 1. The van der Waals surface area contributed by atoms with Gasteiger partial charge in [-0.25, -0.2) is 0 Å². The van der Waals surface area contributed by atoms with Crippen LogP contribution < -0.4 is 10.5 Å². The van der Waals surface area contributed by atoms with E-state index in [1.807, 2.05) is 24.6 Å². The van der Waals surface area contributed by atoms with E-state index in [1.54, 1.807) is 28.4 Å². The summed E-state index contributed by atoms with van der Waals surface area (Å²) in [5.41, 5.74) is 7.56. The summed E-state index contributed by atoms with van der Waals surface area (Å²) in [6, 6.07) is 9.29. The minimum atomic E-state index is 0.0757. The zero-order valence-corrected chi connectivity index (χ0v) is 13.2. The van der Waals surface area contributed by atoms with E-state index in [0.717, 1.165) is 0 Å². The van der Waals surface area contributed by atoms with Crippen LogP contribution >= 0.6 is 11.3 Å². The Balaban J connectivity index is 1.77. The first-order valence-corrected chi connectivity index (χ1v) is 7.69. The number of amides is 1. The van der Waals surface area contributed by atoms with E-state index in [-0.39, 0.29) is 5.91 Å². The second kappa shape index (κ2) is 7.13. The lowest BCUT2D eigenvalue weighted by Gasteiger charge is -2.17. The van der Waals surface area contributed by atoms with E-state index >= 15 is 0 Å². The molecule has 1 aromatic heterocycles. The number of carbonyl (C=O) groups is 1. The fourth-order valence-electron chi connectivity index (χ4n) is 1.92. The maximum Gasteiger partial charge on any atom is 0.226 e. The van der Waals surface area contributed by atoms with Crippen molar-refractivity contribution in [1.82, 2.24) is 4.90 Å².